The Labute approximate surface area is 200 Å². The van der Waals surface area contributed by atoms with E-state index in [9.17, 15) is 19.2 Å². The number of rotatable bonds is 7. The zero-order chi connectivity index (χ0) is 24.4. The monoisotopic (exact) mass is 466 g/mol. The quantitative estimate of drug-likeness (QED) is 0.284. The number of urea groups is 1. The molecule has 1 saturated heterocycles. The number of amides is 4. The number of hydrogen-bond acceptors (Lipinski definition) is 4. The summed E-state index contributed by atoms with van der Waals surface area (Å²) in [5.41, 5.74) is 3.26. The number of nitrogens with zero attached hydrogens (tertiary/aromatic N) is 1. The highest BCUT2D eigenvalue weighted by molar-refractivity contribution is 6.10. The summed E-state index contributed by atoms with van der Waals surface area (Å²) in [5, 5.41) is 6.44. The molecule has 3 N–H and O–H groups in total. The third-order valence-electron chi connectivity index (χ3n) is 6.01. The molecular weight excluding hydrogens is 444 g/mol. The van der Waals surface area contributed by atoms with E-state index >= 15 is 0 Å². The van der Waals surface area contributed by atoms with Crippen molar-refractivity contribution >= 4 is 40.2 Å². The maximum absolute atomic E-state index is 12.9. The van der Waals surface area contributed by atoms with E-state index in [-0.39, 0.29) is 18.2 Å². The maximum atomic E-state index is 12.9. The third kappa shape index (κ3) is 4.54. The standard InChI is InChI=1S/C27H22N4O4/c32-24(17-10-12-20(13-11-17)29-25(33)18-6-2-1-3-7-18)16-31-26(34)23(30-27(31)35)14-19-15-28-22-9-5-4-8-21(19)22/h1-13,15,23,28H,14,16H2,(H,29,33)(H,30,35). The lowest BCUT2D eigenvalue weighted by Gasteiger charge is -2.12. The highest BCUT2D eigenvalue weighted by Gasteiger charge is 2.39. The molecule has 8 heteroatoms. The minimum Gasteiger partial charge on any atom is -0.361 e. The number of carbonyl (C=O) groups is 4. The topological polar surface area (TPSA) is 111 Å². The van der Waals surface area contributed by atoms with E-state index in [4.69, 9.17) is 0 Å². The number of H-pyrrole nitrogens is 1. The second-order valence-corrected chi connectivity index (χ2v) is 8.31. The molecular formula is C27H22N4O4. The number of aromatic amines is 1. The number of ketones is 1. The van der Waals surface area contributed by atoms with Crippen molar-refractivity contribution in [2.75, 3.05) is 11.9 Å². The molecule has 2 heterocycles. The fraction of sp³-hybridized carbons (Fsp3) is 0.111. The molecule has 0 bridgehead atoms. The normalized spacial score (nSPS) is 15.3. The Morgan fingerprint density at radius 3 is 2.34 bits per heavy atom. The van der Waals surface area contributed by atoms with Gasteiger partial charge >= 0.3 is 6.03 Å². The Balaban J connectivity index is 1.22. The molecule has 1 aliphatic rings. The molecule has 0 aliphatic carbocycles. The van der Waals surface area contributed by atoms with Crippen LogP contribution in [0.3, 0.4) is 0 Å². The smallest absolute Gasteiger partial charge is 0.325 e. The van der Waals surface area contributed by atoms with Crippen LogP contribution in [-0.4, -0.2) is 46.1 Å². The summed E-state index contributed by atoms with van der Waals surface area (Å²) < 4.78 is 0. The van der Waals surface area contributed by atoms with Gasteiger partial charge in [-0.25, -0.2) is 4.79 Å². The van der Waals surface area contributed by atoms with Crippen LogP contribution in [0.25, 0.3) is 10.9 Å². The van der Waals surface area contributed by atoms with E-state index in [1.54, 1.807) is 48.5 Å². The molecule has 0 saturated carbocycles. The van der Waals surface area contributed by atoms with E-state index in [0.29, 0.717) is 23.2 Å². The number of benzene rings is 3. The predicted molar refractivity (Wildman–Crippen MR) is 131 cm³/mol. The van der Waals surface area contributed by atoms with E-state index < -0.39 is 18.0 Å². The van der Waals surface area contributed by atoms with Gasteiger partial charge in [0.25, 0.3) is 11.8 Å². The van der Waals surface area contributed by atoms with Gasteiger partial charge in [0.05, 0.1) is 6.54 Å². The minimum atomic E-state index is -0.731. The summed E-state index contributed by atoms with van der Waals surface area (Å²) in [7, 11) is 0. The summed E-state index contributed by atoms with van der Waals surface area (Å²) >= 11 is 0. The Morgan fingerprint density at radius 1 is 0.857 bits per heavy atom. The zero-order valence-electron chi connectivity index (χ0n) is 18.7. The SMILES string of the molecule is O=C(CN1C(=O)NC(Cc2c[nH]c3ccccc23)C1=O)c1ccc(NC(=O)c2ccccc2)cc1. The van der Waals surface area contributed by atoms with Gasteiger partial charge in [0, 0.05) is 40.3 Å². The highest BCUT2D eigenvalue weighted by atomic mass is 16.2. The number of hydrogen-bond donors (Lipinski definition) is 3. The summed E-state index contributed by atoms with van der Waals surface area (Å²) in [6, 6.07) is 21.5. The van der Waals surface area contributed by atoms with Crippen molar-refractivity contribution in [1.29, 1.82) is 0 Å². The Bertz CT molecular complexity index is 1430. The Kier molecular flexibility index (Phi) is 5.85. The van der Waals surface area contributed by atoms with Crippen LogP contribution in [0.4, 0.5) is 10.5 Å². The van der Waals surface area contributed by atoms with Crippen LogP contribution in [0.1, 0.15) is 26.3 Å². The first kappa shape index (κ1) is 22.1. The molecule has 35 heavy (non-hydrogen) atoms. The van der Waals surface area contributed by atoms with Gasteiger partial charge in [-0.05, 0) is 48.0 Å². The molecule has 4 amide bonds. The lowest BCUT2D eigenvalue weighted by atomic mass is 10.0. The molecule has 1 aromatic heterocycles. The molecule has 8 nitrogen and oxygen atoms in total. The van der Waals surface area contributed by atoms with E-state index in [0.717, 1.165) is 21.4 Å². The van der Waals surface area contributed by atoms with E-state index in [1.165, 1.54) is 0 Å². The van der Waals surface area contributed by atoms with Gasteiger partial charge in [-0.2, -0.15) is 0 Å². The Morgan fingerprint density at radius 2 is 1.57 bits per heavy atom. The molecule has 1 aliphatic heterocycles. The molecule has 174 valence electrons. The average molecular weight is 466 g/mol. The van der Waals surface area contributed by atoms with Crippen LogP contribution in [0.5, 0.6) is 0 Å². The summed E-state index contributed by atoms with van der Waals surface area (Å²) in [6.45, 7) is -0.356. The summed E-state index contributed by atoms with van der Waals surface area (Å²) in [5.74, 6) is -1.06. The average Bonchev–Trinajstić information content (AvgIpc) is 3.41. The lowest BCUT2D eigenvalue weighted by Crippen LogP contribution is -2.36. The minimum absolute atomic E-state index is 0.259. The molecule has 0 radical (unpaired) electrons. The van der Waals surface area contributed by atoms with Crippen molar-refractivity contribution in [1.82, 2.24) is 15.2 Å². The van der Waals surface area contributed by atoms with Crippen LogP contribution in [0.15, 0.2) is 85.1 Å². The zero-order valence-corrected chi connectivity index (χ0v) is 18.7. The van der Waals surface area contributed by atoms with Crippen LogP contribution in [-0.2, 0) is 11.2 Å². The maximum Gasteiger partial charge on any atom is 0.325 e. The summed E-state index contributed by atoms with van der Waals surface area (Å²) in [6.07, 6.45) is 2.16. The number of imide groups is 1. The molecule has 4 aromatic rings. The first-order valence-electron chi connectivity index (χ1n) is 11.2. The van der Waals surface area contributed by atoms with E-state index in [1.807, 2.05) is 36.5 Å². The van der Waals surface area contributed by atoms with Crippen molar-refractivity contribution in [3.05, 3.63) is 102 Å². The second-order valence-electron chi connectivity index (χ2n) is 8.31. The van der Waals surface area contributed by atoms with Gasteiger partial charge in [-0.15, -0.1) is 0 Å². The van der Waals surface area contributed by atoms with Crippen LogP contribution < -0.4 is 10.6 Å². The van der Waals surface area contributed by atoms with Crippen molar-refractivity contribution in [3.8, 4) is 0 Å². The number of para-hydroxylation sites is 1. The van der Waals surface area contributed by atoms with Crippen LogP contribution in [0.2, 0.25) is 0 Å². The molecule has 1 atom stereocenters. The van der Waals surface area contributed by atoms with Crippen molar-refractivity contribution in [3.63, 3.8) is 0 Å². The van der Waals surface area contributed by atoms with Crippen LogP contribution >= 0.6 is 0 Å². The molecule has 1 fully saturated rings. The van der Waals surface area contributed by atoms with Gasteiger partial charge in [-0.1, -0.05) is 36.4 Å². The summed E-state index contributed by atoms with van der Waals surface area (Å²) in [4.78, 5) is 54.5. The first-order chi connectivity index (χ1) is 17.0. The fourth-order valence-electron chi connectivity index (χ4n) is 4.15. The van der Waals surface area contributed by atoms with Gasteiger partial charge in [0.1, 0.15) is 6.04 Å². The number of nitrogens with one attached hydrogen (secondary N) is 3. The van der Waals surface area contributed by atoms with E-state index in [2.05, 4.69) is 15.6 Å². The third-order valence-corrected chi connectivity index (χ3v) is 6.01. The molecule has 5 rings (SSSR count). The van der Waals surface area contributed by atoms with Crippen LogP contribution in [0, 0.1) is 0 Å². The second kappa shape index (κ2) is 9.26. The van der Waals surface area contributed by atoms with Crippen molar-refractivity contribution in [2.24, 2.45) is 0 Å². The molecule has 0 spiro atoms. The number of aromatic nitrogens is 1. The van der Waals surface area contributed by atoms with Crippen molar-refractivity contribution < 1.29 is 19.2 Å². The fourth-order valence-corrected chi connectivity index (χ4v) is 4.15. The van der Waals surface area contributed by atoms with Gasteiger partial charge in [-0.3, -0.25) is 19.3 Å². The predicted octanol–water partition coefficient (Wildman–Crippen LogP) is 3.77. The Hall–Kier alpha value is -4.72. The number of Topliss-reactive ketones (excluding diaryl/α,β-unsaturated/α-hetero) is 1. The first-order valence-corrected chi connectivity index (χ1v) is 11.2. The van der Waals surface area contributed by atoms with Gasteiger partial charge in [0.2, 0.25) is 0 Å². The number of carbonyl (C=O) groups excluding carboxylic acids is 4. The molecule has 1 unspecified atom stereocenters. The number of fused-ring (bicyclic) bond motifs is 1. The molecule has 3 aromatic carbocycles. The lowest BCUT2D eigenvalue weighted by molar-refractivity contribution is -0.127. The van der Waals surface area contributed by atoms with Gasteiger partial charge < -0.3 is 15.6 Å². The van der Waals surface area contributed by atoms with Crippen molar-refractivity contribution in [2.45, 2.75) is 12.5 Å². The highest BCUT2D eigenvalue weighted by Crippen LogP contribution is 2.21. The number of anilines is 1. The largest absolute Gasteiger partial charge is 0.361 e. The van der Waals surface area contributed by atoms with Gasteiger partial charge in [0.15, 0.2) is 5.78 Å².